The third-order valence-electron chi connectivity index (χ3n) is 2.75. The molecule has 2 rings (SSSR count). The topological polar surface area (TPSA) is 37.4 Å². The fourth-order valence-electron chi connectivity index (χ4n) is 1.87. The van der Waals surface area contributed by atoms with E-state index in [1.165, 1.54) is 16.4 Å². The number of nitrogens with zero attached hydrogens (tertiary/aromatic N) is 1. The van der Waals surface area contributed by atoms with Crippen LogP contribution in [0.5, 0.6) is 0 Å². The average molecular weight is 243 g/mol. The highest BCUT2D eigenvalue weighted by atomic mass is 32.2. The molecule has 1 heterocycles. The minimum Gasteiger partial charge on any atom is -0.212 e. The second-order valence-corrected chi connectivity index (χ2v) is 5.92. The molecule has 1 fully saturated rings. The van der Waals surface area contributed by atoms with Gasteiger partial charge in [0.15, 0.2) is 0 Å². The van der Waals surface area contributed by atoms with Gasteiger partial charge in [0, 0.05) is 18.7 Å². The minimum atomic E-state index is -3.34. The largest absolute Gasteiger partial charge is 0.218 e. The molecule has 0 atom stereocenters. The predicted octanol–water partition coefficient (Wildman–Crippen LogP) is 1.75. The van der Waals surface area contributed by atoms with Crippen LogP contribution in [0, 0.1) is 5.82 Å². The van der Waals surface area contributed by atoms with E-state index in [0.717, 1.165) is 12.8 Å². The first-order valence-corrected chi connectivity index (χ1v) is 6.92. The van der Waals surface area contributed by atoms with Gasteiger partial charge in [0.1, 0.15) is 5.82 Å². The standard InChI is InChI=1S/C11H14FNO2S/c12-11-6-2-1-5-10(11)9-16(14,15)13-7-3-4-8-13/h1-2,5-6H,3-4,7-9H2. The highest BCUT2D eigenvalue weighted by molar-refractivity contribution is 7.88. The lowest BCUT2D eigenvalue weighted by Crippen LogP contribution is -2.29. The first-order valence-electron chi connectivity index (χ1n) is 5.31. The molecule has 1 aliphatic rings. The maximum Gasteiger partial charge on any atom is 0.218 e. The van der Waals surface area contributed by atoms with Gasteiger partial charge < -0.3 is 0 Å². The van der Waals surface area contributed by atoms with Crippen LogP contribution in [0.2, 0.25) is 0 Å². The SMILES string of the molecule is O=S(=O)(Cc1ccccc1F)N1CCCC1. The van der Waals surface area contributed by atoms with Crippen molar-refractivity contribution in [3.8, 4) is 0 Å². The molecule has 5 heteroatoms. The Morgan fingerprint density at radius 2 is 1.81 bits per heavy atom. The summed E-state index contributed by atoms with van der Waals surface area (Å²) in [4.78, 5) is 0. The fraction of sp³-hybridized carbons (Fsp3) is 0.455. The first-order chi connectivity index (χ1) is 7.59. The van der Waals surface area contributed by atoms with Gasteiger partial charge in [-0.15, -0.1) is 0 Å². The molecule has 1 aromatic carbocycles. The molecule has 0 amide bonds. The summed E-state index contributed by atoms with van der Waals surface area (Å²) in [6.45, 7) is 1.13. The van der Waals surface area contributed by atoms with Crippen molar-refractivity contribution in [3.05, 3.63) is 35.6 Å². The van der Waals surface area contributed by atoms with Crippen LogP contribution < -0.4 is 0 Å². The van der Waals surface area contributed by atoms with Gasteiger partial charge in [-0.1, -0.05) is 18.2 Å². The molecular formula is C11H14FNO2S. The Kier molecular flexibility index (Phi) is 3.25. The Bertz CT molecular complexity index is 467. The highest BCUT2D eigenvalue weighted by Gasteiger charge is 2.26. The number of hydrogen-bond donors (Lipinski definition) is 0. The van der Waals surface area contributed by atoms with E-state index in [-0.39, 0.29) is 11.3 Å². The van der Waals surface area contributed by atoms with Crippen molar-refractivity contribution in [1.29, 1.82) is 0 Å². The van der Waals surface area contributed by atoms with Crippen molar-refractivity contribution >= 4 is 10.0 Å². The monoisotopic (exact) mass is 243 g/mol. The molecule has 0 N–H and O–H groups in total. The summed E-state index contributed by atoms with van der Waals surface area (Å²) in [5.41, 5.74) is 0.245. The van der Waals surface area contributed by atoms with Crippen LogP contribution in [0.4, 0.5) is 4.39 Å². The normalized spacial score (nSPS) is 17.8. The van der Waals surface area contributed by atoms with Gasteiger partial charge in [-0.05, 0) is 18.9 Å². The Labute approximate surface area is 94.9 Å². The van der Waals surface area contributed by atoms with E-state index in [0.29, 0.717) is 13.1 Å². The zero-order valence-corrected chi connectivity index (χ0v) is 9.71. The third kappa shape index (κ3) is 2.41. The van der Waals surface area contributed by atoms with Crippen LogP contribution in [0.1, 0.15) is 18.4 Å². The van der Waals surface area contributed by atoms with Crippen LogP contribution >= 0.6 is 0 Å². The fourth-order valence-corrected chi connectivity index (χ4v) is 3.49. The molecular weight excluding hydrogens is 229 g/mol. The molecule has 1 aliphatic heterocycles. The molecule has 0 bridgehead atoms. The first kappa shape index (κ1) is 11.5. The third-order valence-corrected chi connectivity index (χ3v) is 4.58. The van der Waals surface area contributed by atoms with Gasteiger partial charge >= 0.3 is 0 Å². The van der Waals surface area contributed by atoms with Crippen molar-refractivity contribution in [1.82, 2.24) is 4.31 Å². The Hall–Kier alpha value is -0.940. The van der Waals surface area contributed by atoms with Gasteiger partial charge in [0.2, 0.25) is 10.0 Å². The lowest BCUT2D eigenvalue weighted by molar-refractivity contribution is 0.475. The van der Waals surface area contributed by atoms with Gasteiger partial charge in [0.25, 0.3) is 0 Å². The number of sulfonamides is 1. The van der Waals surface area contributed by atoms with E-state index in [9.17, 15) is 12.8 Å². The van der Waals surface area contributed by atoms with Crippen LogP contribution in [0.15, 0.2) is 24.3 Å². The zero-order chi connectivity index (χ0) is 11.6. The highest BCUT2D eigenvalue weighted by Crippen LogP contribution is 2.18. The van der Waals surface area contributed by atoms with Crippen LogP contribution in [0.3, 0.4) is 0 Å². The van der Waals surface area contributed by atoms with E-state index < -0.39 is 15.8 Å². The number of benzene rings is 1. The molecule has 3 nitrogen and oxygen atoms in total. The van der Waals surface area contributed by atoms with E-state index in [2.05, 4.69) is 0 Å². The summed E-state index contributed by atoms with van der Waals surface area (Å²) < 4.78 is 38.6. The molecule has 0 spiro atoms. The lowest BCUT2D eigenvalue weighted by Gasteiger charge is -2.15. The zero-order valence-electron chi connectivity index (χ0n) is 8.89. The molecule has 1 aromatic rings. The van der Waals surface area contributed by atoms with Gasteiger partial charge in [0.05, 0.1) is 5.75 Å². The quantitative estimate of drug-likeness (QED) is 0.811. The maximum absolute atomic E-state index is 13.3. The summed E-state index contributed by atoms with van der Waals surface area (Å²) in [5, 5.41) is 0. The Morgan fingerprint density at radius 3 is 2.44 bits per heavy atom. The minimum absolute atomic E-state index is 0.236. The molecule has 16 heavy (non-hydrogen) atoms. The predicted molar refractivity (Wildman–Crippen MR) is 59.8 cm³/mol. The van der Waals surface area contributed by atoms with Crippen molar-refractivity contribution < 1.29 is 12.8 Å². The van der Waals surface area contributed by atoms with E-state index in [4.69, 9.17) is 0 Å². The van der Waals surface area contributed by atoms with Gasteiger partial charge in [-0.2, -0.15) is 0 Å². The summed E-state index contributed by atoms with van der Waals surface area (Å²) in [6.07, 6.45) is 1.80. The molecule has 1 saturated heterocycles. The summed E-state index contributed by atoms with van der Waals surface area (Å²) in [6, 6.07) is 6.01. The maximum atomic E-state index is 13.3. The van der Waals surface area contributed by atoms with Gasteiger partial charge in [-0.3, -0.25) is 0 Å². The number of halogens is 1. The molecule has 0 aliphatic carbocycles. The van der Waals surface area contributed by atoms with E-state index >= 15 is 0 Å². The lowest BCUT2D eigenvalue weighted by atomic mass is 10.2. The van der Waals surface area contributed by atoms with Crippen molar-refractivity contribution in [2.24, 2.45) is 0 Å². The number of rotatable bonds is 3. The average Bonchev–Trinajstić information content (AvgIpc) is 2.75. The molecule has 88 valence electrons. The number of hydrogen-bond acceptors (Lipinski definition) is 2. The van der Waals surface area contributed by atoms with Crippen molar-refractivity contribution in [2.45, 2.75) is 18.6 Å². The Morgan fingerprint density at radius 1 is 1.19 bits per heavy atom. The van der Waals surface area contributed by atoms with E-state index in [1.807, 2.05) is 0 Å². The van der Waals surface area contributed by atoms with Crippen LogP contribution in [0.25, 0.3) is 0 Å². The van der Waals surface area contributed by atoms with Gasteiger partial charge in [-0.25, -0.2) is 17.1 Å². The van der Waals surface area contributed by atoms with Crippen LogP contribution in [-0.4, -0.2) is 25.8 Å². The molecule has 0 aromatic heterocycles. The molecule has 0 saturated carbocycles. The van der Waals surface area contributed by atoms with Crippen LogP contribution in [-0.2, 0) is 15.8 Å². The van der Waals surface area contributed by atoms with Crippen molar-refractivity contribution in [3.63, 3.8) is 0 Å². The summed E-state index contributed by atoms with van der Waals surface area (Å²) >= 11 is 0. The van der Waals surface area contributed by atoms with Crippen molar-refractivity contribution in [2.75, 3.05) is 13.1 Å². The summed E-state index contributed by atoms with van der Waals surface area (Å²) in [7, 11) is -3.34. The summed E-state index contributed by atoms with van der Waals surface area (Å²) in [5.74, 6) is -0.690. The molecule has 0 unspecified atom stereocenters. The second-order valence-electron chi connectivity index (χ2n) is 3.95. The van der Waals surface area contributed by atoms with E-state index in [1.54, 1.807) is 12.1 Å². The Balaban J connectivity index is 2.18. The smallest absolute Gasteiger partial charge is 0.212 e. The molecule has 0 radical (unpaired) electrons. The second kappa shape index (κ2) is 4.51.